The molecule has 0 aliphatic carbocycles. The molecule has 10 heteroatoms. The second-order valence-corrected chi connectivity index (χ2v) is 10.5. The van der Waals surface area contributed by atoms with Crippen LogP contribution in [-0.2, 0) is 4.79 Å². The summed E-state index contributed by atoms with van der Waals surface area (Å²) in [6.45, 7) is 5.51. The van der Waals surface area contributed by atoms with Crippen LogP contribution >= 0.6 is 0 Å². The van der Waals surface area contributed by atoms with Gasteiger partial charge in [0, 0.05) is 53.0 Å². The van der Waals surface area contributed by atoms with Crippen LogP contribution in [0.3, 0.4) is 0 Å². The van der Waals surface area contributed by atoms with Gasteiger partial charge in [0.2, 0.25) is 5.96 Å². The number of hydrogen-bond donors (Lipinski definition) is 1. The molecule has 0 spiro atoms. The summed E-state index contributed by atoms with van der Waals surface area (Å²) in [5.41, 5.74) is 3.01. The Morgan fingerprint density at radius 3 is 2.33 bits per heavy atom. The normalized spacial score (nSPS) is 23.3. The van der Waals surface area contributed by atoms with Gasteiger partial charge < -0.3 is 24.7 Å². The van der Waals surface area contributed by atoms with E-state index in [0.717, 1.165) is 75.0 Å². The lowest BCUT2D eigenvalue weighted by Gasteiger charge is -2.38. The molecule has 2 aromatic rings. The maximum absolute atomic E-state index is 13.1. The van der Waals surface area contributed by atoms with E-state index in [-0.39, 0.29) is 11.9 Å². The third kappa shape index (κ3) is 4.48. The summed E-state index contributed by atoms with van der Waals surface area (Å²) in [4.78, 5) is 42.2. The molecule has 39 heavy (non-hydrogen) atoms. The van der Waals surface area contributed by atoms with Crippen LogP contribution in [0.15, 0.2) is 65.8 Å². The van der Waals surface area contributed by atoms with Crippen molar-refractivity contribution in [2.75, 3.05) is 58.3 Å². The number of aliphatic imine (C=N–C) groups is 1. The van der Waals surface area contributed by atoms with Crippen LogP contribution in [-0.4, -0.2) is 113 Å². The van der Waals surface area contributed by atoms with Gasteiger partial charge in [-0.3, -0.25) is 14.6 Å². The van der Waals surface area contributed by atoms with E-state index < -0.39 is 12.2 Å². The summed E-state index contributed by atoms with van der Waals surface area (Å²) in [6.07, 6.45) is 3.50. The molecule has 4 aliphatic rings. The summed E-state index contributed by atoms with van der Waals surface area (Å²) in [6, 6.07) is 16.9. The van der Waals surface area contributed by atoms with Gasteiger partial charge in [-0.1, -0.05) is 42.5 Å². The maximum atomic E-state index is 13.1. The quantitative estimate of drug-likeness (QED) is 0.552. The monoisotopic (exact) mass is 529 g/mol. The van der Waals surface area contributed by atoms with Crippen molar-refractivity contribution in [2.24, 2.45) is 4.99 Å². The van der Waals surface area contributed by atoms with Crippen molar-refractivity contribution >= 4 is 29.3 Å². The first-order valence-corrected chi connectivity index (χ1v) is 13.6. The van der Waals surface area contributed by atoms with E-state index in [1.807, 2.05) is 47.5 Å². The van der Waals surface area contributed by atoms with Crippen molar-refractivity contribution < 1.29 is 14.7 Å². The zero-order valence-electron chi connectivity index (χ0n) is 22.5. The number of aromatic hydroxyl groups is 1. The van der Waals surface area contributed by atoms with Crippen molar-refractivity contribution in [3.05, 3.63) is 66.4 Å². The topological polar surface area (TPSA) is 86.2 Å². The first-order chi connectivity index (χ1) is 18.9. The van der Waals surface area contributed by atoms with Crippen molar-refractivity contribution in [1.29, 1.82) is 0 Å². The average Bonchev–Trinajstić information content (AvgIpc) is 3.51. The molecule has 2 unspecified atom stereocenters. The molecule has 2 fully saturated rings. The number of carbonyl (C=O) groups excluding carboxylic acids is 2. The molecule has 1 N–H and O–H groups in total. The van der Waals surface area contributed by atoms with Crippen molar-refractivity contribution in [3.63, 3.8) is 0 Å². The smallest absolute Gasteiger partial charge is 0.328 e. The average molecular weight is 530 g/mol. The molecule has 0 bridgehead atoms. The highest BCUT2D eigenvalue weighted by Crippen LogP contribution is 2.37. The molecule has 204 valence electrons. The number of imide groups is 1. The first-order valence-electron chi connectivity index (χ1n) is 13.6. The summed E-state index contributed by atoms with van der Waals surface area (Å²) >= 11 is 0. The number of para-hydroxylation sites is 2. The second kappa shape index (κ2) is 10.3. The number of rotatable bonds is 7. The second-order valence-electron chi connectivity index (χ2n) is 10.5. The molecule has 10 nitrogen and oxygen atoms in total. The molecule has 0 aromatic heterocycles. The third-order valence-electron chi connectivity index (χ3n) is 8.19. The number of nitrogens with zero attached hydrogens (tertiary/aromatic N) is 7. The van der Waals surface area contributed by atoms with Crippen molar-refractivity contribution in [1.82, 2.24) is 24.5 Å². The summed E-state index contributed by atoms with van der Waals surface area (Å²) < 4.78 is 0. The lowest BCUT2D eigenvalue weighted by molar-refractivity contribution is -0.135. The van der Waals surface area contributed by atoms with Crippen LogP contribution in [0.5, 0.6) is 5.75 Å². The molecule has 0 radical (unpaired) electrons. The van der Waals surface area contributed by atoms with Gasteiger partial charge in [0.15, 0.2) is 12.2 Å². The number of carbonyl (C=O) groups is 2. The number of unbranched alkanes of at least 4 members (excludes halogenated alkanes) is 1. The van der Waals surface area contributed by atoms with Crippen LogP contribution in [0.25, 0.3) is 5.70 Å². The van der Waals surface area contributed by atoms with E-state index in [9.17, 15) is 14.7 Å². The fourth-order valence-corrected chi connectivity index (χ4v) is 5.98. The predicted molar refractivity (Wildman–Crippen MR) is 150 cm³/mol. The van der Waals surface area contributed by atoms with E-state index in [1.54, 1.807) is 18.0 Å². The van der Waals surface area contributed by atoms with Gasteiger partial charge in [0.1, 0.15) is 5.75 Å². The number of anilines is 1. The maximum Gasteiger partial charge on any atom is 0.328 e. The number of hydrogen-bond acceptors (Lipinski definition) is 8. The van der Waals surface area contributed by atoms with Crippen LogP contribution in [0.2, 0.25) is 0 Å². The van der Waals surface area contributed by atoms with E-state index in [1.165, 1.54) is 11.9 Å². The summed E-state index contributed by atoms with van der Waals surface area (Å²) in [5.74, 6) is 0.852. The van der Waals surface area contributed by atoms with Gasteiger partial charge in [-0.15, -0.1) is 0 Å². The number of piperazine rings is 1. The van der Waals surface area contributed by atoms with E-state index in [2.05, 4.69) is 26.8 Å². The summed E-state index contributed by atoms with van der Waals surface area (Å²) in [7, 11) is 3.24. The third-order valence-corrected chi connectivity index (χ3v) is 8.19. The number of urea groups is 1. The standard InChI is InChI=1S/C29H35N7O3/c1-31-26-25(27(38)32(2)29(31)39)36-20-23(21-10-4-3-5-11-21)35(28(36)30-26)15-9-8-14-33-16-18-34(19-17-33)22-12-6-7-13-24(22)37/h3-7,10-13,20,25-26,37H,8-9,14-19H2,1-2H3. The highest BCUT2D eigenvalue weighted by atomic mass is 16.3. The fourth-order valence-electron chi connectivity index (χ4n) is 5.98. The molecule has 4 heterocycles. The highest BCUT2D eigenvalue weighted by Gasteiger charge is 2.53. The molecule has 0 saturated carbocycles. The lowest BCUT2D eigenvalue weighted by Crippen LogP contribution is -2.63. The largest absolute Gasteiger partial charge is 0.506 e. The Kier molecular flexibility index (Phi) is 6.64. The number of likely N-dealkylation sites (N-methyl/N-ethyl adjacent to an activating group) is 2. The molecule has 6 rings (SSSR count). The Balaban J connectivity index is 1.10. The van der Waals surface area contributed by atoms with Gasteiger partial charge in [-0.05, 0) is 37.1 Å². The Labute approximate surface area is 229 Å². The minimum Gasteiger partial charge on any atom is -0.506 e. The number of phenolic OH excluding ortho intramolecular Hbond substituents is 1. The van der Waals surface area contributed by atoms with Crippen LogP contribution in [0.1, 0.15) is 18.4 Å². The number of benzene rings is 2. The van der Waals surface area contributed by atoms with Gasteiger partial charge in [0.05, 0.1) is 11.4 Å². The van der Waals surface area contributed by atoms with E-state index in [4.69, 9.17) is 4.99 Å². The number of phenols is 1. The molecule has 3 amide bonds. The first kappa shape index (κ1) is 25.2. The molecule has 2 atom stereocenters. The molecule has 2 saturated heterocycles. The van der Waals surface area contributed by atoms with Crippen LogP contribution < -0.4 is 4.90 Å². The minimum absolute atomic E-state index is 0.227. The van der Waals surface area contributed by atoms with E-state index >= 15 is 0 Å². The highest BCUT2D eigenvalue weighted by molar-refractivity contribution is 6.06. The molecule has 4 aliphatic heterocycles. The number of guanidine groups is 1. The van der Waals surface area contributed by atoms with Gasteiger partial charge in [-0.25, -0.2) is 9.79 Å². The van der Waals surface area contributed by atoms with Gasteiger partial charge >= 0.3 is 6.03 Å². The molecular formula is C29H35N7O3. The van der Waals surface area contributed by atoms with Crippen LogP contribution in [0, 0.1) is 0 Å². The molecular weight excluding hydrogens is 494 g/mol. The van der Waals surface area contributed by atoms with Crippen LogP contribution in [0.4, 0.5) is 10.5 Å². The number of fused-ring (bicyclic) bond motifs is 3. The van der Waals surface area contributed by atoms with Crippen molar-refractivity contribution in [3.8, 4) is 5.75 Å². The lowest BCUT2D eigenvalue weighted by atomic mass is 10.1. The fraction of sp³-hybridized carbons (Fsp3) is 0.414. The Morgan fingerprint density at radius 2 is 1.59 bits per heavy atom. The Hall–Kier alpha value is -4.05. The van der Waals surface area contributed by atoms with E-state index in [0.29, 0.717) is 5.75 Å². The van der Waals surface area contributed by atoms with Crippen molar-refractivity contribution in [2.45, 2.75) is 25.0 Å². The summed E-state index contributed by atoms with van der Waals surface area (Å²) in [5, 5.41) is 10.2. The zero-order chi connectivity index (χ0) is 27.1. The SMILES string of the molecule is CN1C(=O)C2C(N=C3N(CCCCN4CCN(c5ccccc5O)CC4)C(c4ccccc4)=CN32)N(C)C1=O. The number of amides is 3. The minimum atomic E-state index is -0.545. The Bertz CT molecular complexity index is 1300. The predicted octanol–water partition coefficient (Wildman–Crippen LogP) is 2.50. The van der Waals surface area contributed by atoms with Gasteiger partial charge in [-0.2, -0.15) is 0 Å². The Morgan fingerprint density at radius 1 is 0.897 bits per heavy atom. The van der Waals surface area contributed by atoms with Gasteiger partial charge in [0.25, 0.3) is 5.91 Å². The molecule has 2 aromatic carbocycles. The zero-order valence-corrected chi connectivity index (χ0v) is 22.5.